The highest BCUT2D eigenvalue weighted by molar-refractivity contribution is 5.92. The van der Waals surface area contributed by atoms with Crippen LogP contribution in [0.2, 0.25) is 0 Å². The molecule has 0 bridgehead atoms. The smallest absolute Gasteiger partial charge is 0.270 e. The van der Waals surface area contributed by atoms with Gasteiger partial charge in [0.05, 0.1) is 12.0 Å². The van der Waals surface area contributed by atoms with Crippen LogP contribution >= 0.6 is 0 Å². The molecule has 0 aromatic heterocycles. The van der Waals surface area contributed by atoms with Gasteiger partial charge in [-0.1, -0.05) is 12.1 Å². The zero-order valence-corrected chi connectivity index (χ0v) is 15.7. The molecule has 0 spiro atoms. The lowest BCUT2D eigenvalue weighted by atomic mass is 10.0. The van der Waals surface area contributed by atoms with Gasteiger partial charge in [0.15, 0.2) is 18.2 Å². The maximum Gasteiger partial charge on any atom is 0.270 e. The van der Waals surface area contributed by atoms with Crippen molar-refractivity contribution >= 4 is 17.3 Å². The minimum absolute atomic E-state index is 0.0709. The van der Waals surface area contributed by atoms with E-state index in [1.54, 1.807) is 24.3 Å². The average molecular weight is 414 g/mol. The molecule has 7 nitrogen and oxygen atoms in total. The number of methoxy groups -OCH3 is 1. The molecule has 0 atom stereocenters. The number of benzene rings is 3. The van der Waals surface area contributed by atoms with Crippen LogP contribution in [0.15, 0.2) is 60.7 Å². The normalized spacial score (nSPS) is 10.4. The first-order chi connectivity index (χ1) is 14.4. The van der Waals surface area contributed by atoms with E-state index in [1.807, 2.05) is 0 Å². The molecule has 0 aliphatic carbocycles. The van der Waals surface area contributed by atoms with Gasteiger partial charge in [0.2, 0.25) is 0 Å². The van der Waals surface area contributed by atoms with Gasteiger partial charge in [0.1, 0.15) is 11.5 Å². The van der Waals surface area contributed by atoms with E-state index in [0.717, 1.165) is 12.1 Å². The van der Waals surface area contributed by atoms with Crippen LogP contribution in [0.5, 0.6) is 11.5 Å². The summed E-state index contributed by atoms with van der Waals surface area (Å²) in [5.74, 6) is -1.88. The molecule has 0 saturated carbocycles. The number of carbonyl (C=O) groups is 1. The van der Waals surface area contributed by atoms with Crippen LogP contribution in [0.4, 0.5) is 20.2 Å². The van der Waals surface area contributed by atoms with E-state index in [1.165, 1.54) is 31.4 Å². The number of carbonyl (C=O) groups excluding carboxylic acids is 1. The van der Waals surface area contributed by atoms with E-state index < -0.39 is 29.1 Å². The zero-order chi connectivity index (χ0) is 21.7. The van der Waals surface area contributed by atoms with E-state index in [0.29, 0.717) is 16.9 Å². The molecular formula is C21H16F2N2O5. The lowest BCUT2D eigenvalue weighted by Gasteiger charge is -2.12. The number of halogens is 2. The number of non-ortho nitro benzene ring substituents is 1. The maximum atomic E-state index is 13.3. The van der Waals surface area contributed by atoms with Crippen LogP contribution < -0.4 is 14.8 Å². The number of hydrogen-bond donors (Lipinski definition) is 1. The highest BCUT2D eigenvalue weighted by Gasteiger charge is 2.15. The van der Waals surface area contributed by atoms with Gasteiger partial charge in [0.25, 0.3) is 11.6 Å². The second-order valence-electron chi connectivity index (χ2n) is 6.13. The lowest BCUT2D eigenvalue weighted by molar-refractivity contribution is -0.384. The third kappa shape index (κ3) is 4.88. The lowest BCUT2D eigenvalue weighted by Crippen LogP contribution is -2.20. The summed E-state index contributed by atoms with van der Waals surface area (Å²) in [7, 11) is 1.52. The fourth-order valence-corrected chi connectivity index (χ4v) is 2.67. The molecule has 1 N–H and O–H groups in total. The van der Waals surface area contributed by atoms with Crippen molar-refractivity contribution in [2.75, 3.05) is 19.0 Å². The average Bonchev–Trinajstić information content (AvgIpc) is 2.75. The van der Waals surface area contributed by atoms with Gasteiger partial charge in [-0.3, -0.25) is 14.9 Å². The Morgan fingerprint density at radius 1 is 1.03 bits per heavy atom. The van der Waals surface area contributed by atoms with Crippen molar-refractivity contribution < 1.29 is 28.0 Å². The van der Waals surface area contributed by atoms with Gasteiger partial charge in [0, 0.05) is 29.4 Å². The highest BCUT2D eigenvalue weighted by Crippen LogP contribution is 2.34. The van der Waals surface area contributed by atoms with E-state index in [-0.39, 0.29) is 17.1 Å². The summed E-state index contributed by atoms with van der Waals surface area (Å²) in [5.41, 5.74) is 0.962. The summed E-state index contributed by atoms with van der Waals surface area (Å²) in [5, 5.41) is 13.5. The van der Waals surface area contributed by atoms with Crippen molar-refractivity contribution in [3.8, 4) is 22.6 Å². The molecule has 0 heterocycles. The molecule has 0 radical (unpaired) electrons. The predicted octanol–water partition coefficient (Wildman–Crippen LogP) is 4.57. The molecule has 9 heteroatoms. The molecule has 30 heavy (non-hydrogen) atoms. The van der Waals surface area contributed by atoms with Crippen LogP contribution in [0.25, 0.3) is 11.1 Å². The molecule has 3 rings (SSSR count). The molecular weight excluding hydrogens is 398 g/mol. The number of nitro benzene ring substituents is 1. The Hall–Kier alpha value is -4.01. The Labute approximate surface area is 170 Å². The predicted molar refractivity (Wildman–Crippen MR) is 106 cm³/mol. The van der Waals surface area contributed by atoms with Gasteiger partial charge in [-0.15, -0.1) is 0 Å². The third-order valence-corrected chi connectivity index (χ3v) is 4.14. The molecule has 3 aromatic rings. The van der Waals surface area contributed by atoms with Gasteiger partial charge < -0.3 is 14.8 Å². The number of nitrogens with zero attached hydrogens (tertiary/aromatic N) is 1. The number of nitro groups is 1. The Morgan fingerprint density at radius 2 is 1.77 bits per heavy atom. The van der Waals surface area contributed by atoms with Crippen molar-refractivity contribution in [1.82, 2.24) is 0 Å². The number of hydrogen-bond acceptors (Lipinski definition) is 5. The van der Waals surface area contributed by atoms with Crippen molar-refractivity contribution in [3.05, 3.63) is 82.4 Å². The molecule has 0 unspecified atom stereocenters. The van der Waals surface area contributed by atoms with E-state index in [2.05, 4.69) is 5.32 Å². The van der Waals surface area contributed by atoms with Crippen LogP contribution in [0.1, 0.15) is 0 Å². The third-order valence-electron chi connectivity index (χ3n) is 4.14. The number of anilines is 1. The number of amides is 1. The first-order valence-electron chi connectivity index (χ1n) is 8.68. The minimum Gasteiger partial charge on any atom is -0.497 e. The first-order valence-corrected chi connectivity index (χ1v) is 8.68. The molecule has 154 valence electrons. The number of ether oxygens (including phenoxy) is 2. The summed E-state index contributed by atoms with van der Waals surface area (Å²) in [4.78, 5) is 22.7. The maximum absolute atomic E-state index is 13.3. The number of rotatable bonds is 7. The van der Waals surface area contributed by atoms with Crippen molar-refractivity contribution in [1.29, 1.82) is 0 Å². The van der Waals surface area contributed by atoms with Crippen molar-refractivity contribution in [2.45, 2.75) is 0 Å². The summed E-state index contributed by atoms with van der Waals surface area (Å²) >= 11 is 0. The summed E-state index contributed by atoms with van der Waals surface area (Å²) in [6, 6.07) is 13.7. The topological polar surface area (TPSA) is 90.7 Å². The quantitative estimate of drug-likeness (QED) is 0.452. The Bertz CT molecular complexity index is 1090. The molecule has 0 aliphatic rings. The van der Waals surface area contributed by atoms with Crippen LogP contribution in [0.3, 0.4) is 0 Å². The standard InChI is InChI=1S/C21H16F2N2O5/c1-29-16-6-2-13(3-7-16)17-11-15(25(27)28)5-9-20(17)30-12-21(26)24-14-4-8-18(22)19(23)10-14/h2-11H,12H2,1H3,(H,24,26). The molecule has 0 saturated heterocycles. The van der Waals surface area contributed by atoms with Gasteiger partial charge in [-0.2, -0.15) is 0 Å². The Balaban J connectivity index is 1.79. The fraction of sp³-hybridized carbons (Fsp3) is 0.0952. The fourth-order valence-electron chi connectivity index (χ4n) is 2.67. The Kier molecular flexibility index (Phi) is 6.21. The molecule has 3 aromatic carbocycles. The van der Waals surface area contributed by atoms with E-state index in [4.69, 9.17) is 9.47 Å². The monoisotopic (exact) mass is 414 g/mol. The van der Waals surface area contributed by atoms with E-state index in [9.17, 15) is 23.7 Å². The van der Waals surface area contributed by atoms with Crippen molar-refractivity contribution in [2.24, 2.45) is 0 Å². The second-order valence-corrected chi connectivity index (χ2v) is 6.13. The largest absolute Gasteiger partial charge is 0.497 e. The first kappa shape index (κ1) is 20.7. The van der Waals surface area contributed by atoms with Crippen LogP contribution in [-0.2, 0) is 4.79 Å². The molecule has 0 aliphatic heterocycles. The zero-order valence-electron chi connectivity index (χ0n) is 15.7. The summed E-state index contributed by atoms with van der Waals surface area (Å²) in [6.45, 7) is -0.444. The minimum atomic E-state index is -1.09. The molecule has 1 amide bonds. The summed E-state index contributed by atoms with van der Waals surface area (Å²) in [6.07, 6.45) is 0. The van der Waals surface area contributed by atoms with Gasteiger partial charge in [-0.05, 0) is 35.9 Å². The number of nitrogens with one attached hydrogen (secondary N) is 1. The SMILES string of the molecule is COc1ccc(-c2cc([N+](=O)[O-])ccc2OCC(=O)Nc2ccc(F)c(F)c2)cc1. The van der Waals surface area contributed by atoms with E-state index >= 15 is 0 Å². The van der Waals surface area contributed by atoms with Gasteiger partial charge in [-0.25, -0.2) is 8.78 Å². The van der Waals surface area contributed by atoms with Crippen molar-refractivity contribution in [3.63, 3.8) is 0 Å². The molecule has 0 fully saturated rings. The highest BCUT2D eigenvalue weighted by atomic mass is 19.2. The summed E-state index contributed by atoms with van der Waals surface area (Å²) < 4.78 is 36.9. The second kappa shape index (κ2) is 8.99. The van der Waals surface area contributed by atoms with Crippen LogP contribution in [0, 0.1) is 21.7 Å². The Morgan fingerprint density at radius 3 is 2.40 bits per heavy atom. The van der Waals surface area contributed by atoms with Crippen LogP contribution in [-0.4, -0.2) is 24.5 Å². The van der Waals surface area contributed by atoms with Gasteiger partial charge >= 0.3 is 0 Å².